The van der Waals surface area contributed by atoms with E-state index in [1.165, 1.54) is 5.56 Å². The maximum Gasteiger partial charge on any atom is 0.328 e. The molecule has 5 N–H and O–H groups in total. The summed E-state index contributed by atoms with van der Waals surface area (Å²) in [7, 11) is 0. The van der Waals surface area contributed by atoms with Gasteiger partial charge in [-0.3, -0.25) is 5.84 Å². The van der Waals surface area contributed by atoms with E-state index in [1.54, 1.807) is 5.01 Å². The molecule has 0 aliphatic carbocycles. The van der Waals surface area contributed by atoms with Crippen molar-refractivity contribution in [3.05, 3.63) is 83.9 Å². The summed E-state index contributed by atoms with van der Waals surface area (Å²) in [4.78, 5) is 19.1. The lowest BCUT2D eigenvalue weighted by atomic mass is 10.1. The van der Waals surface area contributed by atoms with Crippen LogP contribution in [0.25, 0.3) is 0 Å². The summed E-state index contributed by atoms with van der Waals surface area (Å²) in [6.45, 7) is 0.692. The highest BCUT2D eigenvalue weighted by molar-refractivity contribution is 5.89. The normalized spacial score (nSPS) is 11.7. The fourth-order valence-electron chi connectivity index (χ4n) is 2.24. The van der Waals surface area contributed by atoms with Crippen molar-refractivity contribution in [3.63, 3.8) is 0 Å². The number of hydrazine groups is 1. The van der Waals surface area contributed by atoms with Gasteiger partial charge in [0, 0.05) is 18.7 Å². The van der Waals surface area contributed by atoms with E-state index in [4.69, 9.17) is 16.1 Å². The van der Waals surface area contributed by atoms with Gasteiger partial charge in [-0.2, -0.15) is 0 Å². The van der Waals surface area contributed by atoms with Gasteiger partial charge in [-0.15, -0.1) is 0 Å². The summed E-state index contributed by atoms with van der Waals surface area (Å²) in [6.07, 6.45) is 1.87. The second kappa shape index (κ2) is 12.4. The molecule has 27 heavy (non-hydrogen) atoms. The Bertz CT molecular complexity index is 704. The Hall–Kier alpha value is -3.00. The van der Waals surface area contributed by atoms with Crippen molar-refractivity contribution in [3.8, 4) is 0 Å². The van der Waals surface area contributed by atoms with Crippen LogP contribution < -0.4 is 5.84 Å². The number of nitrogens with zero attached hydrogens (tertiary/aromatic N) is 1. The third-order valence-electron chi connectivity index (χ3n) is 3.57. The van der Waals surface area contributed by atoms with Crippen LogP contribution in [-0.4, -0.2) is 44.9 Å². The number of nitrogens with two attached hydrogens (primary N) is 1. The van der Waals surface area contributed by atoms with Gasteiger partial charge in [0.25, 0.3) is 0 Å². The summed E-state index contributed by atoms with van der Waals surface area (Å²) in [5.74, 6) is 3.57. The number of carbonyl (C=O) groups is 2. The maximum absolute atomic E-state index is 9.55. The van der Waals surface area contributed by atoms with Crippen molar-refractivity contribution in [2.24, 2.45) is 5.84 Å². The fourth-order valence-corrected chi connectivity index (χ4v) is 2.24. The minimum atomic E-state index is -1.26. The zero-order valence-electron chi connectivity index (χ0n) is 14.8. The van der Waals surface area contributed by atoms with Gasteiger partial charge in [0.05, 0.1) is 12.6 Å². The lowest BCUT2D eigenvalue weighted by Crippen LogP contribution is -2.44. The number of rotatable bonds is 8. The molecular formula is C20H24N2O5. The number of hydrogen-bond acceptors (Lipinski definition) is 5. The van der Waals surface area contributed by atoms with Gasteiger partial charge in [0.1, 0.15) is 0 Å². The third kappa shape index (κ3) is 9.91. The fraction of sp³-hybridized carbons (Fsp3) is 0.200. The number of hydrogen-bond donors (Lipinski definition) is 4. The SMILES string of the molecule is NN(Cc1ccccc1)C(CO)Cc1ccccc1.O=C(O)/C=C\C(=O)O. The van der Waals surface area contributed by atoms with Gasteiger partial charge in [0.15, 0.2) is 0 Å². The predicted octanol–water partition coefficient (Wildman–Crippen LogP) is 1.68. The van der Waals surface area contributed by atoms with Gasteiger partial charge < -0.3 is 15.3 Å². The first-order valence-electron chi connectivity index (χ1n) is 8.26. The summed E-state index contributed by atoms with van der Waals surface area (Å²) >= 11 is 0. The van der Waals surface area contributed by atoms with E-state index in [0.29, 0.717) is 18.7 Å². The Labute approximate surface area is 157 Å². The van der Waals surface area contributed by atoms with Gasteiger partial charge in [-0.05, 0) is 17.5 Å². The van der Waals surface area contributed by atoms with Crippen molar-refractivity contribution < 1.29 is 24.9 Å². The van der Waals surface area contributed by atoms with Crippen molar-refractivity contribution in [1.82, 2.24) is 5.01 Å². The van der Waals surface area contributed by atoms with Crippen LogP contribution in [0.15, 0.2) is 72.8 Å². The monoisotopic (exact) mass is 372 g/mol. The van der Waals surface area contributed by atoms with Crippen LogP contribution in [0.4, 0.5) is 0 Å². The Balaban J connectivity index is 0.000000387. The van der Waals surface area contributed by atoms with Crippen LogP contribution in [-0.2, 0) is 22.6 Å². The van der Waals surface area contributed by atoms with Crippen LogP contribution >= 0.6 is 0 Å². The molecule has 0 heterocycles. The van der Waals surface area contributed by atoms with Crippen LogP contribution in [0.2, 0.25) is 0 Å². The molecule has 1 unspecified atom stereocenters. The van der Waals surface area contributed by atoms with E-state index in [9.17, 15) is 14.7 Å². The number of carboxylic acid groups (broad SMARTS) is 2. The van der Waals surface area contributed by atoms with Gasteiger partial charge in [-0.1, -0.05) is 60.7 Å². The van der Waals surface area contributed by atoms with E-state index < -0.39 is 11.9 Å². The molecule has 1 atom stereocenters. The average molecular weight is 372 g/mol. The number of aliphatic hydroxyl groups is 1. The molecule has 0 radical (unpaired) electrons. The minimum Gasteiger partial charge on any atom is -0.478 e. The van der Waals surface area contributed by atoms with Crippen LogP contribution in [0, 0.1) is 0 Å². The molecule has 7 heteroatoms. The molecule has 0 saturated heterocycles. The molecule has 0 spiro atoms. The van der Waals surface area contributed by atoms with Gasteiger partial charge >= 0.3 is 11.9 Å². The van der Waals surface area contributed by atoms with E-state index in [0.717, 1.165) is 12.0 Å². The molecule has 0 saturated carbocycles. The molecule has 0 bridgehead atoms. The number of aliphatic carboxylic acids is 2. The zero-order chi connectivity index (χ0) is 20.1. The minimum absolute atomic E-state index is 0.0538. The Kier molecular flexibility index (Phi) is 10.1. The molecule has 0 fully saturated rings. The number of carboxylic acids is 2. The van der Waals surface area contributed by atoms with Gasteiger partial charge in [0.2, 0.25) is 0 Å². The van der Waals surface area contributed by atoms with Crippen molar-refractivity contribution in [2.75, 3.05) is 6.61 Å². The Morgan fingerprint density at radius 1 is 0.889 bits per heavy atom. The van der Waals surface area contributed by atoms with Crippen molar-refractivity contribution >= 4 is 11.9 Å². The lowest BCUT2D eigenvalue weighted by molar-refractivity contribution is -0.134. The van der Waals surface area contributed by atoms with Crippen LogP contribution in [0.1, 0.15) is 11.1 Å². The van der Waals surface area contributed by atoms with Crippen LogP contribution in [0.3, 0.4) is 0 Å². The number of benzene rings is 2. The topological polar surface area (TPSA) is 124 Å². The first-order valence-corrected chi connectivity index (χ1v) is 8.26. The van der Waals surface area contributed by atoms with E-state index >= 15 is 0 Å². The summed E-state index contributed by atoms with van der Waals surface area (Å²) < 4.78 is 0. The van der Waals surface area contributed by atoms with E-state index in [2.05, 4.69) is 12.1 Å². The molecule has 0 aliphatic heterocycles. The predicted molar refractivity (Wildman–Crippen MR) is 102 cm³/mol. The van der Waals surface area contributed by atoms with Gasteiger partial charge in [-0.25, -0.2) is 14.6 Å². The van der Waals surface area contributed by atoms with Crippen LogP contribution in [0.5, 0.6) is 0 Å². The highest BCUT2D eigenvalue weighted by Crippen LogP contribution is 2.09. The molecule has 0 amide bonds. The average Bonchev–Trinajstić information content (AvgIpc) is 2.66. The first-order chi connectivity index (χ1) is 12.9. The van der Waals surface area contributed by atoms with Crippen molar-refractivity contribution in [2.45, 2.75) is 19.0 Å². The zero-order valence-corrected chi connectivity index (χ0v) is 14.8. The first kappa shape index (κ1) is 22.0. The molecular weight excluding hydrogens is 348 g/mol. The largest absolute Gasteiger partial charge is 0.478 e. The van der Waals surface area contributed by atoms with E-state index in [-0.39, 0.29) is 12.6 Å². The Morgan fingerprint density at radius 3 is 1.74 bits per heavy atom. The Morgan fingerprint density at radius 2 is 1.33 bits per heavy atom. The molecule has 2 aromatic rings. The lowest BCUT2D eigenvalue weighted by Gasteiger charge is -2.26. The second-order valence-electron chi connectivity index (χ2n) is 5.69. The molecule has 2 aromatic carbocycles. The smallest absolute Gasteiger partial charge is 0.328 e. The standard InChI is InChI=1S/C16H20N2O.C4H4O4/c17-18(12-15-9-5-2-6-10-15)16(13-19)11-14-7-3-1-4-8-14;5-3(6)1-2-4(7)8/h1-10,16,19H,11-13,17H2;1-2H,(H,5,6)(H,7,8)/b;2-1-. The molecule has 7 nitrogen and oxygen atoms in total. The van der Waals surface area contributed by atoms with E-state index in [1.807, 2.05) is 48.5 Å². The molecule has 144 valence electrons. The second-order valence-corrected chi connectivity index (χ2v) is 5.69. The molecule has 2 rings (SSSR count). The molecule has 0 aliphatic rings. The highest BCUT2D eigenvalue weighted by atomic mass is 16.4. The summed E-state index contributed by atoms with van der Waals surface area (Å²) in [5, 5.41) is 26.8. The summed E-state index contributed by atoms with van der Waals surface area (Å²) in [5.41, 5.74) is 2.33. The summed E-state index contributed by atoms with van der Waals surface area (Å²) in [6, 6.07) is 20.1. The maximum atomic E-state index is 9.55. The highest BCUT2D eigenvalue weighted by Gasteiger charge is 2.15. The number of aliphatic hydroxyl groups excluding tert-OH is 1. The third-order valence-corrected chi connectivity index (χ3v) is 3.57. The quantitative estimate of drug-likeness (QED) is 0.316. The van der Waals surface area contributed by atoms with Crippen molar-refractivity contribution in [1.29, 1.82) is 0 Å². The molecule has 0 aromatic heterocycles.